The minimum absolute atomic E-state index is 0.0821. The number of amides is 1. The van der Waals surface area contributed by atoms with Crippen molar-refractivity contribution in [3.05, 3.63) is 83.3 Å². The van der Waals surface area contributed by atoms with Crippen molar-refractivity contribution in [3.63, 3.8) is 0 Å². The van der Waals surface area contributed by atoms with Gasteiger partial charge in [0.15, 0.2) is 0 Å². The number of methoxy groups -OCH3 is 1. The zero-order valence-electron chi connectivity index (χ0n) is 19.8. The van der Waals surface area contributed by atoms with Gasteiger partial charge in [-0.25, -0.2) is 4.39 Å². The van der Waals surface area contributed by atoms with Crippen LogP contribution in [0.1, 0.15) is 21.6 Å². The van der Waals surface area contributed by atoms with Crippen LogP contribution in [0.3, 0.4) is 0 Å². The molecule has 0 aliphatic carbocycles. The number of H-pyrrole nitrogens is 1. The first-order chi connectivity index (χ1) is 17.0. The molecule has 0 spiro atoms. The Kier molecular flexibility index (Phi) is 6.33. The maximum absolute atomic E-state index is 13.9. The van der Waals surface area contributed by atoms with E-state index in [-0.39, 0.29) is 11.7 Å². The third-order valence-electron chi connectivity index (χ3n) is 6.41. The molecule has 1 aliphatic rings. The number of ether oxygens (including phenoxy) is 1. The Balaban J connectivity index is 1.31. The Labute approximate surface area is 203 Å². The second kappa shape index (κ2) is 9.72. The van der Waals surface area contributed by atoms with Gasteiger partial charge in [0.05, 0.1) is 18.3 Å². The van der Waals surface area contributed by atoms with Crippen LogP contribution in [0, 0.1) is 5.82 Å². The number of nitrogens with one attached hydrogen (secondary N) is 1. The number of hydrogen-bond acceptors (Lipinski definition) is 4. The number of carbonyl (C=O) groups excluding carboxylic acids is 1. The van der Waals surface area contributed by atoms with Gasteiger partial charge in [-0.05, 0) is 66.2 Å². The molecule has 0 atom stereocenters. The molecule has 5 rings (SSSR count). The van der Waals surface area contributed by atoms with Crippen molar-refractivity contribution in [1.82, 2.24) is 20.0 Å². The van der Waals surface area contributed by atoms with Gasteiger partial charge in [-0.2, -0.15) is 5.10 Å². The Hall–Kier alpha value is -3.97. The van der Waals surface area contributed by atoms with Crippen LogP contribution in [0.2, 0.25) is 0 Å². The van der Waals surface area contributed by atoms with E-state index in [1.54, 1.807) is 6.07 Å². The fourth-order valence-electron chi connectivity index (χ4n) is 4.30. The van der Waals surface area contributed by atoms with Gasteiger partial charge in [0.1, 0.15) is 11.6 Å². The lowest BCUT2D eigenvalue weighted by Gasteiger charge is -2.32. The lowest BCUT2D eigenvalue weighted by molar-refractivity contribution is 0.0664. The van der Waals surface area contributed by atoms with Crippen molar-refractivity contribution >= 4 is 29.0 Å². The maximum Gasteiger partial charge on any atom is 0.253 e. The molecule has 1 aliphatic heterocycles. The second-order valence-electron chi connectivity index (χ2n) is 8.80. The van der Waals surface area contributed by atoms with Crippen LogP contribution in [0.5, 0.6) is 5.75 Å². The fraction of sp³-hybridized carbons (Fsp3) is 0.214. The summed E-state index contributed by atoms with van der Waals surface area (Å²) in [6.45, 7) is 3.33. The summed E-state index contributed by atoms with van der Waals surface area (Å²) >= 11 is 0. The molecular formula is C28H27FN4O2. The molecule has 7 heteroatoms. The van der Waals surface area contributed by atoms with Gasteiger partial charge in [0.25, 0.3) is 5.91 Å². The molecule has 1 fully saturated rings. The summed E-state index contributed by atoms with van der Waals surface area (Å²) in [6.07, 6.45) is 3.92. The number of likely N-dealkylation sites (N-methyl/N-ethyl adjacent to an activating group) is 1. The molecule has 0 bridgehead atoms. The van der Waals surface area contributed by atoms with Crippen molar-refractivity contribution < 1.29 is 13.9 Å². The summed E-state index contributed by atoms with van der Waals surface area (Å²) in [7, 11) is 3.60. The first kappa shape index (κ1) is 22.8. The van der Waals surface area contributed by atoms with Crippen molar-refractivity contribution in [1.29, 1.82) is 0 Å². The summed E-state index contributed by atoms with van der Waals surface area (Å²) < 4.78 is 19.1. The number of hydrogen-bond donors (Lipinski definition) is 1. The van der Waals surface area contributed by atoms with Crippen molar-refractivity contribution in [2.24, 2.45) is 0 Å². The third-order valence-corrected chi connectivity index (χ3v) is 6.41. The van der Waals surface area contributed by atoms with Crippen LogP contribution >= 0.6 is 0 Å². The van der Waals surface area contributed by atoms with E-state index >= 15 is 0 Å². The summed E-state index contributed by atoms with van der Waals surface area (Å²) in [6, 6.07) is 18.2. The molecule has 1 N–H and O–H groups in total. The summed E-state index contributed by atoms with van der Waals surface area (Å²) in [4.78, 5) is 16.9. The Morgan fingerprint density at radius 3 is 2.49 bits per heavy atom. The van der Waals surface area contributed by atoms with Crippen LogP contribution < -0.4 is 4.74 Å². The zero-order chi connectivity index (χ0) is 24.4. The van der Waals surface area contributed by atoms with E-state index in [1.165, 1.54) is 19.2 Å². The molecule has 3 aromatic carbocycles. The van der Waals surface area contributed by atoms with Crippen LogP contribution in [0.25, 0.3) is 34.2 Å². The monoisotopic (exact) mass is 470 g/mol. The summed E-state index contributed by atoms with van der Waals surface area (Å²) in [5, 5.41) is 8.46. The Morgan fingerprint density at radius 1 is 0.971 bits per heavy atom. The quantitative estimate of drug-likeness (QED) is 0.449. The van der Waals surface area contributed by atoms with Crippen molar-refractivity contribution in [3.8, 4) is 16.9 Å². The minimum atomic E-state index is -0.344. The third kappa shape index (κ3) is 4.95. The molecule has 1 amide bonds. The van der Waals surface area contributed by atoms with Crippen molar-refractivity contribution in [2.45, 2.75) is 0 Å². The molecule has 4 aromatic rings. The van der Waals surface area contributed by atoms with E-state index in [2.05, 4.69) is 22.1 Å². The summed E-state index contributed by atoms with van der Waals surface area (Å²) in [5.74, 6) is 0.215. The fourth-order valence-corrected chi connectivity index (χ4v) is 4.30. The largest absolute Gasteiger partial charge is 0.497 e. The predicted octanol–water partition coefficient (Wildman–Crippen LogP) is 4.94. The lowest BCUT2D eigenvalue weighted by Crippen LogP contribution is -2.47. The average Bonchev–Trinajstić information content (AvgIpc) is 3.29. The number of halogens is 1. The number of fused-ring (bicyclic) bond motifs is 1. The molecule has 1 aromatic heterocycles. The molecule has 6 nitrogen and oxygen atoms in total. The maximum atomic E-state index is 13.9. The van der Waals surface area contributed by atoms with Gasteiger partial charge >= 0.3 is 0 Å². The Bertz CT molecular complexity index is 1390. The van der Waals surface area contributed by atoms with Gasteiger partial charge in [-0.15, -0.1) is 0 Å². The van der Waals surface area contributed by atoms with Crippen LogP contribution in [-0.2, 0) is 0 Å². The molecular weight excluding hydrogens is 443 g/mol. The first-order valence-corrected chi connectivity index (χ1v) is 11.6. The SMILES string of the molecule is COc1cc(F)cc(-c2ccc3c(/C=C/c4ccc(C(=O)N5CCN(C)CC5)cc4)n[nH]c3c2)c1. The highest BCUT2D eigenvalue weighted by Crippen LogP contribution is 2.29. The van der Waals surface area contributed by atoms with Gasteiger partial charge in [0.2, 0.25) is 0 Å². The molecule has 35 heavy (non-hydrogen) atoms. The zero-order valence-corrected chi connectivity index (χ0v) is 19.8. The number of carbonyl (C=O) groups is 1. The van der Waals surface area contributed by atoms with E-state index < -0.39 is 0 Å². The van der Waals surface area contributed by atoms with Gasteiger partial charge < -0.3 is 14.5 Å². The highest BCUT2D eigenvalue weighted by atomic mass is 19.1. The highest BCUT2D eigenvalue weighted by molar-refractivity contribution is 5.95. The first-order valence-electron chi connectivity index (χ1n) is 11.6. The van der Waals surface area contributed by atoms with Gasteiger partial charge in [0, 0.05) is 43.2 Å². The lowest BCUT2D eigenvalue weighted by atomic mass is 10.0. The smallest absolute Gasteiger partial charge is 0.253 e. The van der Waals surface area contributed by atoms with E-state index in [4.69, 9.17) is 4.74 Å². The standard InChI is InChI=1S/C28H27FN4O2/c1-32-11-13-33(14-12-32)28(34)20-6-3-19(4-7-20)5-10-26-25-9-8-21(17-27(25)31-30-26)22-15-23(29)18-24(16-22)35-2/h3-10,15-18H,11-14H2,1-2H3,(H,30,31)/b10-5+. The second-order valence-corrected chi connectivity index (χ2v) is 8.80. The molecule has 178 valence electrons. The van der Waals surface area contributed by atoms with Crippen LogP contribution in [0.4, 0.5) is 4.39 Å². The van der Waals surface area contributed by atoms with Gasteiger partial charge in [-0.3, -0.25) is 9.89 Å². The number of nitrogens with zero attached hydrogens (tertiary/aromatic N) is 3. The predicted molar refractivity (Wildman–Crippen MR) is 137 cm³/mol. The Morgan fingerprint density at radius 2 is 1.74 bits per heavy atom. The minimum Gasteiger partial charge on any atom is -0.497 e. The summed E-state index contributed by atoms with van der Waals surface area (Å²) in [5.41, 5.74) is 4.97. The highest BCUT2D eigenvalue weighted by Gasteiger charge is 2.20. The number of benzene rings is 3. The molecule has 1 saturated heterocycles. The average molecular weight is 471 g/mol. The van der Waals surface area contributed by atoms with E-state index in [1.807, 2.05) is 59.5 Å². The molecule has 0 saturated carbocycles. The molecule has 0 radical (unpaired) electrons. The number of aromatic amines is 1. The normalized spacial score (nSPS) is 14.7. The van der Waals surface area contributed by atoms with E-state index in [9.17, 15) is 9.18 Å². The van der Waals surface area contributed by atoms with Crippen molar-refractivity contribution in [2.75, 3.05) is 40.3 Å². The number of aromatic nitrogens is 2. The van der Waals surface area contributed by atoms with Gasteiger partial charge in [-0.1, -0.05) is 24.3 Å². The topological polar surface area (TPSA) is 61.5 Å². The van der Waals surface area contributed by atoms with Crippen LogP contribution in [0.15, 0.2) is 60.7 Å². The van der Waals surface area contributed by atoms with Crippen LogP contribution in [-0.4, -0.2) is 66.2 Å². The van der Waals surface area contributed by atoms with E-state index in [0.717, 1.165) is 59.5 Å². The number of rotatable bonds is 5. The molecule has 2 heterocycles. The van der Waals surface area contributed by atoms with E-state index in [0.29, 0.717) is 11.3 Å². The number of piperazine rings is 1. The molecule has 0 unspecified atom stereocenters.